The molecule has 2 fully saturated rings. The molecule has 198 valence electrons. The SMILES string of the molecule is COc1ncnc(N2CCC(N3C[C@H](C)OC[C@@H]3Cc3ccc(Cl)cc3)CC2)n1.O=C(O)C(F)(F)F. The van der Waals surface area contributed by atoms with Crippen molar-refractivity contribution in [3.05, 3.63) is 41.2 Å². The van der Waals surface area contributed by atoms with Crippen LogP contribution in [0, 0.1) is 0 Å². The van der Waals surface area contributed by atoms with Crippen molar-refractivity contribution in [2.75, 3.05) is 38.3 Å². The number of morpholine rings is 1. The van der Waals surface area contributed by atoms with Gasteiger partial charge in [-0.2, -0.15) is 23.1 Å². The van der Waals surface area contributed by atoms with E-state index in [0.29, 0.717) is 24.0 Å². The maximum Gasteiger partial charge on any atom is 0.490 e. The third-order valence-corrected chi connectivity index (χ3v) is 6.33. The molecule has 0 radical (unpaired) electrons. The zero-order valence-corrected chi connectivity index (χ0v) is 20.7. The molecule has 0 amide bonds. The number of methoxy groups -OCH3 is 1. The number of nitrogens with zero attached hydrogens (tertiary/aromatic N) is 5. The highest BCUT2D eigenvalue weighted by Crippen LogP contribution is 2.26. The van der Waals surface area contributed by atoms with Crippen molar-refractivity contribution in [2.24, 2.45) is 0 Å². The zero-order chi connectivity index (χ0) is 26.3. The van der Waals surface area contributed by atoms with Crippen LogP contribution in [0.2, 0.25) is 5.02 Å². The standard InChI is InChI=1S/C21H28ClN5O2.C2HF3O2/c1-15-12-27(19(13-29-15)11-16-3-5-17(22)6-4-16)18-7-9-26(10-8-18)20-23-14-24-21(25-20)28-2;3-2(4,5)1(6)7/h3-6,14-15,18-19H,7-13H2,1-2H3;(H,6,7)/t15-,19-;/m0./s1. The number of hydrogen-bond acceptors (Lipinski definition) is 8. The predicted molar refractivity (Wildman–Crippen MR) is 126 cm³/mol. The molecule has 0 saturated carbocycles. The fraction of sp³-hybridized carbons (Fsp3) is 0.565. The average Bonchev–Trinajstić information content (AvgIpc) is 2.86. The molecule has 1 aromatic carbocycles. The first-order valence-electron chi connectivity index (χ1n) is 11.5. The zero-order valence-electron chi connectivity index (χ0n) is 20.0. The highest BCUT2D eigenvalue weighted by Gasteiger charge is 2.38. The number of aliphatic carboxylic acids is 1. The topological polar surface area (TPSA) is 101 Å². The molecule has 36 heavy (non-hydrogen) atoms. The molecule has 2 atom stereocenters. The van der Waals surface area contributed by atoms with E-state index in [2.05, 4.69) is 43.8 Å². The van der Waals surface area contributed by atoms with E-state index in [1.807, 2.05) is 12.1 Å². The van der Waals surface area contributed by atoms with Crippen LogP contribution in [0.25, 0.3) is 0 Å². The largest absolute Gasteiger partial charge is 0.490 e. The van der Waals surface area contributed by atoms with Gasteiger partial charge >= 0.3 is 18.2 Å². The molecule has 1 aromatic heterocycles. The van der Waals surface area contributed by atoms with E-state index in [9.17, 15) is 13.2 Å². The molecule has 2 saturated heterocycles. The van der Waals surface area contributed by atoms with E-state index in [4.69, 9.17) is 31.0 Å². The van der Waals surface area contributed by atoms with E-state index in [1.54, 1.807) is 7.11 Å². The summed E-state index contributed by atoms with van der Waals surface area (Å²) in [5, 5.41) is 7.90. The van der Waals surface area contributed by atoms with Gasteiger partial charge in [0, 0.05) is 36.7 Å². The van der Waals surface area contributed by atoms with E-state index in [-0.39, 0.29) is 6.10 Å². The van der Waals surface area contributed by atoms with Gasteiger partial charge in [0.15, 0.2) is 0 Å². The molecule has 13 heteroatoms. The van der Waals surface area contributed by atoms with E-state index in [1.165, 1.54) is 11.9 Å². The fourth-order valence-corrected chi connectivity index (χ4v) is 4.43. The summed E-state index contributed by atoms with van der Waals surface area (Å²) in [6.07, 6.45) is -0.161. The molecule has 4 rings (SSSR count). The minimum atomic E-state index is -5.08. The summed E-state index contributed by atoms with van der Waals surface area (Å²) in [4.78, 5) is 26.5. The van der Waals surface area contributed by atoms with Crippen molar-refractivity contribution in [3.8, 4) is 6.01 Å². The summed E-state index contributed by atoms with van der Waals surface area (Å²) < 4.78 is 42.9. The van der Waals surface area contributed by atoms with Gasteiger partial charge in [-0.1, -0.05) is 23.7 Å². The molecule has 2 aromatic rings. The first kappa shape index (κ1) is 27.9. The monoisotopic (exact) mass is 531 g/mol. The minimum Gasteiger partial charge on any atom is -0.475 e. The van der Waals surface area contributed by atoms with Gasteiger partial charge in [0.25, 0.3) is 0 Å². The van der Waals surface area contributed by atoms with Crippen molar-refractivity contribution in [3.63, 3.8) is 0 Å². The number of ether oxygens (including phenoxy) is 2. The molecule has 0 aliphatic carbocycles. The lowest BCUT2D eigenvalue weighted by Crippen LogP contribution is -2.56. The second-order valence-corrected chi connectivity index (χ2v) is 9.05. The number of piperidine rings is 1. The number of halogens is 4. The van der Waals surface area contributed by atoms with Gasteiger partial charge in [-0.05, 0) is 43.9 Å². The lowest BCUT2D eigenvalue weighted by atomic mass is 9.96. The Kier molecular flexibility index (Phi) is 9.69. The number of hydrogen-bond donors (Lipinski definition) is 1. The van der Waals surface area contributed by atoms with Gasteiger partial charge in [-0.3, -0.25) is 4.90 Å². The van der Waals surface area contributed by atoms with Gasteiger partial charge in [0.1, 0.15) is 6.33 Å². The Morgan fingerprint density at radius 2 is 1.86 bits per heavy atom. The Morgan fingerprint density at radius 1 is 1.22 bits per heavy atom. The summed E-state index contributed by atoms with van der Waals surface area (Å²) in [6.45, 7) is 5.77. The van der Waals surface area contributed by atoms with Crippen molar-refractivity contribution < 1.29 is 32.5 Å². The summed E-state index contributed by atoms with van der Waals surface area (Å²) in [7, 11) is 1.58. The van der Waals surface area contributed by atoms with Crippen LogP contribution in [-0.4, -0.2) is 88.6 Å². The predicted octanol–water partition coefficient (Wildman–Crippen LogP) is 3.47. The molecular weight excluding hydrogens is 503 g/mol. The maximum atomic E-state index is 10.6. The van der Waals surface area contributed by atoms with Crippen molar-refractivity contribution in [1.29, 1.82) is 0 Å². The number of benzene rings is 1. The number of anilines is 1. The van der Waals surface area contributed by atoms with Crippen LogP contribution in [0.3, 0.4) is 0 Å². The Morgan fingerprint density at radius 3 is 2.44 bits per heavy atom. The van der Waals surface area contributed by atoms with Gasteiger partial charge in [0.2, 0.25) is 5.95 Å². The molecule has 0 unspecified atom stereocenters. The summed E-state index contributed by atoms with van der Waals surface area (Å²) >= 11 is 6.05. The highest BCUT2D eigenvalue weighted by molar-refractivity contribution is 6.30. The number of alkyl halides is 3. The lowest BCUT2D eigenvalue weighted by Gasteiger charge is -2.46. The second kappa shape index (κ2) is 12.5. The Bertz CT molecular complexity index is 990. The third kappa shape index (κ3) is 7.90. The summed E-state index contributed by atoms with van der Waals surface area (Å²) in [5.74, 6) is -2.06. The first-order valence-corrected chi connectivity index (χ1v) is 11.8. The van der Waals surface area contributed by atoms with Crippen molar-refractivity contribution in [1.82, 2.24) is 19.9 Å². The number of carbonyl (C=O) groups is 1. The van der Waals surface area contributed by atoms with E-state index in [0.717, 1.165) is 50.5 Å². The quantitative estimate of drug-likeness (QED) is 0.621. The van der Waals surface area contributed by atoms with Crippen LogP contribution in [0.1, 0.15) is 25.3 Å². The van der Waals surface area contributed by atoms with E-state index < -0.39 is 12.1 Å². The minimum absolute atomic E-state index is 0.266. The van der Waals surface area contributed by atoms with Gasteiger partial charge in [-0.25, -0.2) is 9.78 Å². The molecule has 0 spiro atoms. The first-order chi connectivity index (χ1) is 17.1. The lowest BCUT2D eigenvalue weighted by molar-refractivity contribution is -0.192. The molecule has 0 bridgehead atoms. The normalized spacial score (nSPS) is 21.4. The maximum absolute atomic E-state index is 10.6. The van der Waals surface area contributed by atoms with Crippen molar-refractivity contribution >= 4 is 23.5 Å². The summed E-state index contributed by atoms with van der Waals surface area (Å²) in [6, 6.07) is 9.47. The summed E-state index contributed by atoms with van der Waals surface area (Å²) in [5.41, 5.74) is 1.30. The third-order valence-electron chi connectivity index (χ3n) is 6.07. The van der Waals surface area contributed by atoms with E-state index >= 15 is 0 Å². The Balaban J connectivity index is 0.000000454. The van der Waals surface area contributed by atoms with Crippen LogP contribution in [0.4, 0.5) is 19.1 Å². The molecular formula is C23H29ClF3N5O4. The molecule has 2 aliphatic rings. The molecule has 3 heterocycles. The van der Waals surface area contributed by atoms with Crippen LogP contribution in [0.15, 0.2) is 30.6 Å². The van der Waals surface area contributed by atoms with Gasteiger partial charge < -0.3 is 19.5 Å². The smallest absolute Gasteiger partial charge is 0.475 e. The number of aromatic nitrogens is 3. The van der Waals surface area contributed by atoms with Crippen LogP contribution in [0.5, 0.6) is 6.01 Å². The molecule has 1 N–H and O–H groups in total. The Labute approximate surface area is 212 Å². The van der Waals surface area contributed by atoms with Crippen LogP contribution in [-0.2, 0) is 16.0 Å². The fourth-order valence-electron chi connectivity index (χ4n) is 4.31. The molecule has 9 nitrogen and oxygen atoms in total. The molecule has 2 aliphatic heterocycles. The van der Waals surface area contributed by atoms with Gasteiger partial charge in [0.05, 0.1) is 19.8 Å². The number of rotatable bonds is 5. The average molecular weight is 532 g/mol. The highest BCUT2D eigenvalue weighted by atomic mass is 35.5. The second-order valence-electron chi connectivity index (χ2n) is 8.62. The number of carboxylic acids is 1. The van der Waals surface area contributed by atoms with Crippen LogP contribution >= 0.6 is 11.6 Å². The Hall–Kier alpha value is -2.70. The van der Waals surface area contributed by atoms with Crippen LogP contribution < -0.4 is 9.64 Å². The van der Waals surface area contributed by atoms with Crippen molar-refractivity contribution in [2.45, 2.75) is 50.6 Å². The van der Waals surface area contributed by atoms with Gasteiger partial charge in [-0.15, -0.1) is 0 Å². The number of carboxylic acid groups (broad SMARTS) is 1.